The van der Waals surface area contributed by atoms with E-state index in [2.05, 4.69) is 28.1 Å². The largest absolute Gasteiger partial charge is 0.486 e. The Morgan fingerprint density at radius 1 is 0.917 bits per heavy atom. The van der Waals surface area contributed by atoms with Crippen molar-refractivity contribution in [3.05, 3.63) is 53.6 Å². The summed E-state index contributed by atoms with van der Waals surface area (Å²) in [6.07, 6.45) is 2.86. The third-order valence-electron chi connectivity index (χ3n) is 7.39. The Hall–Kier alpha value is -3.10. The SMILES string of the molecule is CCc1ccccc1NC(=O)CN1CCN(CC(=O)N2CCC[C@H]2c2ccc3c(c2)OCCO3)CC1. The van der Waals surface area contributed by atoms with E-state index in [1.165, 1.54) is 0 Å². The minimum Gasteiger partial charge on any atom is -0.486 e. The number of fused-ring (bicyclic) bond motifs is 1. The van der Waals surface area contributed by atoms with Crippen LogP contribution in [0.1, 0.15) is 36.9 Å². The maximum atomic E-state index is 13.3. The Morgan fingerprint density at radius 2 is 1.64 bits per heavy atom. The predicted molar refractivity (Wildman–Crippen MR) is 138 cm³/mol. The first-order valence-corrected chi connectivity index (χ1v) is 13.1. The molecule has 2 aromatic carbocycles. The van der Waals surface area contributed by atoms with Gasteiger partial charge < -0.3 is 19.7 Å². The summed E-state index contributed by atoms with van der Waals surface area (Å²) >= 11 is 0. The summed E-state index contributed by atoms with van der Waals surface area (Å²) in [5, 5.41) is 3.06. The van der Waals surface area contributed by atoms with Crippen molar-refractivity contribution < 1.29 is 19.1 Å². The number of carbonyl (C=O) groups is 2. The van der Waals surface area contributed by atoms with Crippen LogP contribution in [0.15, 0.2) is 42.5 Å². The van der Waals surface area contributed by atoms with Crippen LogP contribution in [-0.4, -0.2) is 85.5 Å². The van der Waals surface area contributed by atoms with E-state index in [-0.39, 0.29) is 17.9 Å². The number of ether oxygens (including phenoxy) is 2. The summed E-state index contributed by atoms with van der Waals surface area (Å²) in [7, 11) is 0. The molecule has 0 saturated carbocycles. The van der Waals surface area contributed by atoms with E-state index < -0.39 is 0 Å². The Kier molecular flexibility index (Phi) is 7.72. The summed E-state index contributed by atoms with van der Waals surface area (Å²) in [4.78, 5) is 32.3. The van der Waals surface area contributed by atoms with Gasteiger partial charge in [0.15, 0.2) is 11.5 Å². The van der Waals surface area contributed by atoms with Crippen LogP contribution in [0.2, 0.25) is 0 Å². The van der Waals surface area contributed by atoms with Crippen molar-refractivity contribution in [3.8, 4) is 11.5 Å². The molecule has 8 nitrogen and oxygen atoms in total. The number of nitrogens with one attached hydrogen (secondary N) is 1. The van der Waals surface area contributed by atoms with E-state index in [1.807, 2.05) is 41.3 Å². The van der Waals surface area contributed by atoms with Crippen LogP contribution >= 0.6 is 0 Å². The number of hydrogen-bond acceptors (Lipinski definition) is 6. The lowest BCUT2D eigenvalue weighted by molar-refractivity contribution is -0.134. The van der Waals surface area contributed by atoms with Gasteiger partial charge in [0.05, 0.1) is 19.1 Å². The van der Waals surface area contributed by atoms with E-state index in [9.17, 15) is 9.59 Å². The molecular formula is C28H36N4O4. The molecule has 1 N–H and O–H groups in total. The number of aryl methyl sites for hydroxylation is 1. The molecule has 3 aliphatic rings. The number of benzene rings is 2. The summed E-state index contributed by atoms with van der Waals surface area (Å²) in [5.74, 6) is 1.74. The number of nitrogens with zero attached hydrogens (tertiary/aromatic N) is 3. The number of piperazine rings is 1. The van der Waals surface area contributed by atoms with Gasteiger partial charge in [0.1, 0.15) is 13.2 Å². The Labute approximate surface area is 213 Å². The van der Waals surface area contributed by atoms with Gasteiger partial charge in [-0.3, -0.25) is 19.4 Å². The zero-order valence-electron chi connectivity index (χ0n) is 21.1. The molecular weight excluding hydrogens is 456 g/mol. The Morgan fingerprint density at radius 3 is 2.42 bits per heavy atom. The van der Waals surface area contributed by atoms with E-state index >= 15 is 0 Å². The highest BCUT2D eigenvalue weighted by molar-refractivity contribution is 5.93. The van der Waals surface area contributed by atoms with Gasteiger partial charge in [0, 0.05) is 38.4 Å². The minimum absolute atomic E-state index is 0.0137. The molecule has 1 atom stereocenters. The first-order valence-electron chi connectivity index (χ1n) is 13.1. The smallest absolute Gasteiger partial charge is 0.238 e. The summed E-state index contributed by atoms with van der Waals surface area (Å²) in [5.41, 5.74) is 3.16. The lowest BCUT2D eigenvalue weighted by Gasteiger charge is -2.35. The molecule has 8 heteroatoms. The first-order chi connectivity index (χ1) is 17.6. The molecule has 0 spiro atoms. The molecule has 2 amide bonds. The number of hydrogen-bond donors (Lipinski definition) is 1. The second-order valence-corrected chi connectivity index (χ2v) is 9.76. The van der Waals surface area contributed by atoms with Crippen molar-refractivity contribution in [1.29, 1.82) is 0 Å². The van der Waals surface area contributed by atoms with Gasteiger partial charge in [0.25, 0.3) is 0 Å². The second-order valence-electron chi connectivity index (χ2n) is 9.76. The molecule has 192 valence electrons. The topological polar surface area (TPSA) is 74.4 Å². The highest BCUT2D eigenvalue weighted by Gasteiger charge is 2.32. The lowest BCUT2D eigenvalue weighted by atomic mass is 10.0. The molecule has 3 heterocycles. The molecule has 36 heavy (non-hydrogen) atoms. The van der Waals surface area contributed by atoms with E-state index in [1.54, 1.807) is 0 Å². The van der Waals surface area contributed by atoms with Crippen molar-refractivity contribution >= 4 is 17.5 Å². The summed E-state index contributed by atoms with van der Waals surface area (Å²) in [6, 6.07) is 14.1. The fraction of sp³-hybridized carbons (Fsp3) is 0.500. The molecule has 2 aromatic rings. The number of anilines is 1. The normalized spacial score (nSPS) is 20.4. The average molecular weight is 493 g/mol. The molecule has 2 saturated heterocycles. The van der Waals surface area contributed by atoms with Gasteiger partial charge in [-0.15, -0.1) is 0 Å². The number of carbonyl (C=O) groups excluding carboxylic acids is 2. The molecule has 0 bridgehead atoms. The highest BCUT2D eigenvalue weighted by Crippen LogP contribution is 2.38. The van der Waals surface area contributed by atoms with E-state index in [0.717, 1.165) is 80.3 Å². The molecule has 3 aliphatic heterocycles. The maximum absolute atomic E-state index is 13.3. The summed E-state index contributed by atoms with van der Waals surface area (Å²) < 4.78 is 11.4. The molecule has 0 aliphatic carbocycles. The predicted octanol–water partition coefficient (Wildman–Crippen LogP) is 2.94. The third-order valence-corrected chi connectivity index (χ3v) is 7.39. The van der Waals surface area contributed by atoms with Crippen LogP contribution in [-0.2, 0) is 16.0 Å². The van der Waals surface area contributed by atoms with Crippen molar-refractivity contribution in [2.75, 3.05) is 64.3 Å². The maximum Gasteiger partial charge on any atom is 0.238 e. The zero-order chi connectivity index (χ0) is 24.9. The monoisotopic (exact) mass is 492 g/mol. The van der Waals surface area contributed by atoms with Gasteiger partial charge in [-0.05, 0) is 48.6 Å². The van der Waals surface area contributed by atoms with Gasteiger partial charge >= 0.3 is 0 Å². The van der Waals surface area contributed by atoms with E-state index in [0.29, 0.717) is 26.3 Å². The van der Waals surface area contributed by atoms with E-state index in [4.69, 9.17) is 9.47 Å². The molecule has 0 radical (unpaired) electrons. The second kappa shape index (κ2) is 11.3. The van der Waals surface area contributed by atoms with Gasteiger partial charge in [-0.25, -0.2) is 0 Å². The van der Waals surface area contributed by atoms with Crippen LogP contribution in [0.4, 0.5) is 5.69 Å². The quantitative estimate of drug-likeness (QED) is 0.641. The molecule has 0 aromatic heterocycles. The molecule has 0 unspecified atom stereocenters. The van der Waals surface area contributed by atoms with Crippen LogP contribution < -0.4 is 14.8 Å². The molecule has 5 rings (SSSR count). The van der Waals surface area contributed by atoms with Crippen LogP contribution in [0.25, 0.3) is 0 Å². The molecule has 2 fully saturated rings. The summed E-state index contributed by atoms with van der Waals surface area (Å²) in [6.45, 7) is 7.94. The van der Waals surface area contributed by atoms with Crippen molar-refractivity contribution in [3.63, 3.8) is 0 Å². The van der Waals surface area contributed by atoms with Crippen molar-refractivity contribution in [1.82, 2.24) is 14.7 Å². The Bertz CT molecular complexity index is 1080. The highest BCUT2D eigenvalue weighted by atomic mass is 16.6. The van der Waals surface area contributed by atoms with Gasteiger partial charge in [-0.1, -0.05) is 31.2 Å². The lowest BCUT2D eigenvalue weighted by Crippen LogP contribution is -2.51. The van der Waals surface area contributed by atoms with Gasteiger partial charge in [0.2, 0.25) is 11.8 Å². The standard InChI is InChI=1S/C28H36N4O4/c1-2-21-6-3-4-7-23(21)29-27(33)19-30-12-14-31(15-13-30)20-28(34)32-11-5-8-24(32)22-9-10-25-26(18-22)36-17-16-35-25/h3-4,6-7,9-10,18,24H,2,5,8,11-17,19-20H2,1H3,(H,29,33)/t24-/m0/s1. The first kappa shape index (κ1) is 24.6. The Balaban J connectivity index is 1.10. The van der Waals surface area contributed by atoms with Crippen LogP contribution in [0.3, 0.4) is 0 Å². The fourth-order valence-electron chi connectivity index (χ4n) is 5.41. The van der Waals surface area contributed by atoms with Crippen LogP contribution in [0.5, 0.6) is 11.5 Å². The number of likely N-dealkylation sites (tertiary alicyclic amines) is 1. The van der Waals surface area contributed by atoms with Crippen molar-refractivity contribution in [2.45, 2.75) is 32.2 Å². The number of para-hydroxylation sites is 1. The number of amides is 2. The number of rotatable bonds is 7. The van der Waals surface area contributed by atoms with Crippen molar-refractivity contribution in [2.24, 2.45) is 0 Å². The average Bonchev–Trinajstić information content (AvgIpc) is 3.40. The van der Waals surface area contributed by atoms with Gasteiger partial charge in [-0.2, -0.15) is 0 Å². The van der Waals surface area contributed by atoms with Crippen LogP contribution in [0, 0.1) is 0 Å². The fourth-order valence-corrected chi connectivity index (χ4v) is 5.41. The third kappa shape index (κ3) is 5.65. The zero-order valence-corrected chi connectivity index (χ0v) is 21.1. The minimum atomic E-state index is 0.0137.